The number of halogens is 1. The summed E-state index contributed by atoms with van der Waals surface area (Å²) in [7, 11) is 0. The standard InChI is InChI=1S/C14H18FNOS/c1-10(18)8-14(17)16(12-6-7-12)9-11-4-2-3-5-13(11)15/h2-5,10,12,18H,6-9H2,1H3. The Balaban J connectivity index is 2.07. The highest BCUT2D eigenvalue weighted by Gasteiger charge is 2.32. The number of benzene rings is 1. The highest BCUT2D eigenvalue weighted by atomic mass is 32.1. The average Bonchev–Trinajstić information content (AvgIpc) is 3.11. The van der Waals surface area contributed by atoms with Crippen molar-refractivity contribution in [1.82, 2.24) is 4.90 Å². The normalized spacial score (nSPS) is 16.4. The van der Waals surface area contributed by atoms with Gasteiger partial charge in [-0.05, 0) is 18.9 Å². The number of carbonyl (C=O) groups excluding carboxylic acids is 1. The summed E-state index contributed by atoms with van der Waals surface area (Å²) in [4.78, 5) is 13.9. The fourth-order valence-electron chi connectivity index (χ4n) is 1.99. The Morgan fingerprint density at radius 2 is 2.17 bits per heavy atom. The van der Waals surface area contributed by atoms with Crippen molar-refractivity contribution in [3.8, 4) is 0 Å². The van der Waals surface area contributed by atoms with Gasteiger partial charge >= 0.3 is 0 Å². The van der Waals surface area contributed by atoms with E-state index in [0.717, 1.165) is 12.8 Å². The van der Waals surface area contributed by atoms with Crippen LogP contribution in [0.1, 0.15) is 31.7 Å². The second-order valence-corrected chi connectivity index (χ2v) is 5.78. The van der Waals surface area contributed by atoms with E-state index in [1.165, 1.54) is 6.07 Å². The maximum absolute atomic E-state index is 13.6. The van der Waals surface area contributed by atoms with Gasteiger partial charge in [-0.15, -0.1) is 0 Å². The first-order valence-electron chi connectivity index (χ1n) is 6.29. The fourth-order valence-corrected chi connectivity index (χ4v) is 2.14. The summed E-state index contributed by atoms with van der Waals surface area (Å²) >= 11 is 4.25. The Bertz CT molecular complexity index is 432. The van der Waals surface area contributed by atoms with E-state index < -0.39 is 0 Å². The van der Waals surface area contributed by atoms with Crippen molar-refractivity contribution in [2.45, 2.75) is 44.0 Å². The first-order valence-corrected chi connectivity index (χ1v) is 6.80. The van der Waals surface area contributed by atoms with E-state index in [9.17, 15) is 9.18 Å². The average molecular weight is 267 g/mol. The van der Waals surface area contributed by atoms with Gasteiger partial charge in [0.25, 0.3) is 0 Å². The Hall–Kier alpha value is -1.03. The third-order valence-electron chi connectivity index (χ3n) is 3.08. The van der Waals surface area contributed by atoms with Crippen LogP contribution < -0.4 is 0 Å². The summed E-state index contributed by atoms with van der Waals surface area (Å²) in [5.74, 6) is -0.168. The van der Waals surface area contributed by atoms with Crippen LogP contribution in [0.15, 0.2) is 24.3 Å². The number of amides is 1. The topological polar surface area (TPSA) is 20.3 Å². The van der Waals surface area contributed by atoms with Crippen LogP contribution >= 0.6 is 12.6 Å². The van der Waals surface area contributed by atoms with Gasteiger partial charge in [0.05, 0.1) is 0 Å². The molecule has 0 aliphatic heterocycles. The van der Waals surface area contributed by atoms with Gasteiger partial charge in [0.1, 0.15) is 5.82 Å². The summed E-state index contributed by atoms with van der Waals surface area (Å²) in [6, 6.07) is 6.94. The van der Waals surface area contributed by atoms with Gasteiger partial charge in [0.15, 0.2) is 0 Å². The van der Waals surface area contributed by atoms with Crippen LogP contribution in [-0.4, -0.2) is 22.1 Å². The predicted octanol–water partition coefficient (Wildman–Crippen LogP) is 3.03. The van der Waals surface area contributed by atoms with Gasteiger partial charge in [0, 0.05) is 29.8 Å². The monoisotopic (exact) mass is 267 g/mol. The highest BCUT2D eigenvalue weighted by Crippen LogP contribution is 2.29. The largest absolute Gasteiger partial charge is 0.335 e. The molecule has 1 aliphatic carbocycles. The Morgan fingerprint density at radius 1 is 1.50 bits per heavy atom. The minimum Gasteiger partial charge on any atom is -0.335 e. The lowest BCUT2D eigenvalue weighted by Crippen LogP contribution is -2.34. The minimum atomic E-state index is -0.241. The van der Waals surface area contributed by atoms with Crippen molar-refractivity contribution in [2.24, 2.45) is 0 Å². The number of carbonyl (C=O) groups is 1. The Morgan fingerprint density at radius 3 is 2.72 bits per heavy atom. The lowest BCUT2D eigenvalue weighted by atomic mass is 10.2. The molecular weight excluding hydrogens is 249 g/mol. The van der Waals surface area contributed by atoms with Crippen molar-refractivity contribution >= 4 is 18.5 Å². The van der Waals surface area contributed by atoms with Crippen LogP contribution in [-0.2, 0) is 11.3 Å². The SMILES string of the molecule is CC(S)CC(=O)N(Cc1ccccc1F)C1CC1. The third kappa shape index (κ3) is 3.48. The predicted molar refractivity (Wildman–Crippen MR) is 73.0 cm³/mol. The smallest absolute Gasteiger partial charge is 0.224 e. The maximum Gasteiger partial charge on any atom is 0.224 e. The van der Waals surface area contributed by atoms with Crippen LogP contribution in [0.5, 0.6) is 0 Å². The third-order valence-corrected chi connectivity index (χ3v) is 3.26. The van der Waals surface area contributed by atoms with E-state index in [4.69, 9.17) is 0 Å². The zero-order chi connectivity index (χ0) is 13.1. The maximum atomic E-state index is 13.6. The number of thiol groups is 1. The van der Waals surface area contributed by atoms with Crippen molar-refractivity contribution < 1.29 is 9.18 Å². The first kappa shape index (κ1) is 13.4. The molecule has 4 heteroatoms. The molecule has 2 rings (SSSR count). The molecule has 18 heavy (non-hydrogen) atoms. The van der Waals surface area contributed by atoms with E-state index in [2.05, 4.69) is 12.6 Å². The van der Waals surface area contributed by atoms with E-state index >= 15 is 0 Å². The van der Waals surface area contributed by atoms with Crippen molar-refractivity contribution in [2.75, 3.05) is 0 Å². The molecule has 0 heterocycles. The van der Waals surface area contributed by atoms with Crippen LogP contribution in [0, 0.1) is 5.82 Å². The molecule has 2 nitrogen and oxygen atoms in total. The molecule has 1 aromatic rings. The van der Waals surface area contributed by atoms with Crippen LogP contribution in [0.2, 0.25) is 0 Å². The van der Waals surface area contributed by atoms with Gasteiger partial charge < -0.3 is 4.90 Å². The molecule has 0 saturated heterocycles. The highest BCUT2D eigenvalue weighted by molar-refractivity contribution is 7.80. The summed E-state index contributed by atoms with van der Waals surface area (Å²) < 4.78 is 13.6. The van der Waals surface area contributed by atoms with Crippen LogP contribution in [0.4, 0.5) is 4.39 Å². The zero-order valence-electron chi connectivity index (χ0n) is 10.5. The second kappa shape index (κ2) is 5.74. The van der Waals surface area contributed by atoms with Gasteiger partial charge in [-0.1, -0.05) is 25.1 Å². The Kier molecular flexibility index (Phi) is 4.27. The van der Waals surface area contributed by atoms with E-state index in [1.54, 1.807) is 23.1 Å². The first-order chi connectivity index (χ1) is 8.58. The molecule has 1 saturated carbocycles. The molecule has 98 valence electrons. The summed E-state index contributed by atoms with van der Waals surface area (Å²) in [5, 5.41) is 0.0411. The van der Waals surface area contributed by atoms with Gasteiger partial charge in [-0.3, -0.25) is 4.79 Å². The molecule has 1 atom stereocenters. The number of hydrogen-bond acceptors (Lipinski definition) is 2. The molecule has 0 N–H and O–H groups in total. The van der Waals surface area contributed by atoms with Gasteiger partial charge in [-0.2, -0.15) is 12.6 Å². The molecule has 0 spiro atoms. The number of nitrogens with zero attached hydrogens (tertiary/aromatic N) is 1. The van der Waals surface area contributed by atoms with Crippen molar-refractivity contribution in [3.05, 3.63) is 35.6 Å². The quantitative estimate of drug-likeness (QED) is 0.813. The van der Waals surface area contributed by atoms with E-state index in [-0.39, 0.29) is 17.0 Å². The molecule has 1 aliphatic rings. The Labute approximate surface area is 113 Å². The van der Waals surface area contributed by atoms with Crippen LogP contribution in [0.3, 0.4) is 0 Å². The van der Waals surface area contributed by atoms with Crippen molar-refractivity contribution in [3.63, 3.8) is 0 Å². The second-order valence-electron chi connectivity index (χ2n) is 4.90. The number of hydrogen-bond donors (Lipinski definition) is 1. The minimum absolute atomic E-state index is 0.0411. The molecule has 1 aromatic carbocycles. The lowest BCUT2D eigenvalue weighted by molar-refractivity contribution is -0.132. The molecule has 1 fully saturated rings. The van der Waals surface area contributed by atoms with Crippen molar-refractivity contribution in [1.29, 1.82) is 0 Å². The van der Waals surface area contributed by atoms with Gasteiger partial charge in [-0.25, -0.2) is 4.39 Å². The van der Waals surface area contributed by atoms with E-state index in [1.807, 2.05) is 6.92 Å². The summed E-state index contributed by atoms with van der Waals surface area (Å²) in [5.41, 5.74) is 0.588. The molecule has 0 radical (unpaired) electrons. The molecule has 0 aromatic heterocycles. The fraction of sp³-hybridized carbons (Fsp3) is 0.500. The molecule has 0 bridgehead atoms. The molecule has 1 amide bonds. The molecular formula is C14H18FNOS. The van der Waals surface area contributed by atoms with Gasteiger partial charge in [0.2, 0.25) is 5.91 Å². The number of rotatable bonds is 5. The van der Waals surface area contributed by atoms with E-state index in [0.29, 0.717) is 24.6 Å². The molecule has 1 unspecified atom stereocenters. The summed E-state index contributed by atoms with van der Waals surface area (Å²) in [6.45, 7) is 2.27. The van der Waals surface area contributed by atoms with Crippen LogP contribution in [0.25, 0.3) is 0 Å². The summed E-state index contributed by atoms with van der Waals surface area (Å²) in [6.07, 6.45) is 2.47. The zero-order valence-corrected chi connectivity index (χ0v) is 11.4. The lowest BCUT2D eigenvalue weighted by Gasteiger charge is -2.23.